The molecule has 1 aromatic rings. The lowest BCUT2D eigenvalue weighted by Crippen LogP contribution is -2.01. The van der Waals surface area contributed by atoms with Crippen LogP contribution in [0.1, 0.15) is 38.3 Å². The molecule has 0 aliphatic rings. The SMILES string of the molecule is CCc1cnccc1CC(C)CC. The Balaban J connectivity index is 2.74. The van der Waals surface area contributed by atoms with Crippen LogP contribution in [0.2, 0.25) is 0 Å². The minimum Gasteiger partial charge on any atom is -0.264 e. The molecule has 0 fully saturated rings. The van der Waals surface area contributed by atoms with Gasteiger partial charge in [0, 0.05) is 12.4 Å². The number of hydrogen-bond acceptors (Lipinski definition) is 1. The fourth-order valence-electron chi connectivity index (χ4n) is 1.49. The normalized spacial score (nSPS) is 12.8. The number of pyridine rings is 1. The topological polar surface area (TPSA) is 12.9 Å². The summed E-state index contributed by atoms with van der Waals surface area (Å²) in [4.78, 5) is 4.15. The number of aryl methyl sites for hydroxylation is 1. The molecule has 1 aromatic heterocycles. The lowest BCUT2D eigenvalue weighted by atomic mass is 9.96. The Morgan fingerprint density at radius 1 is 1.31 bits per heavy atom. The standard InChI is InChI=1S/C12H19N/c1-4-10(3)8-12-6-7-13-9-11(12)5-2/h6-7,9-10H,4-5,8H2,1-3H3. The maximum absolute atomic E-state index is 4.15. The molecule has 0 spiro atoms. The number of rotatable bonds is 4. The van der Waals surface area contributed by atoms with E-state index in [4.69, 9.17) is 0 Å². The first-order valence-corrected chi connectivity index (χ1v) is 5.19. The molecular formula is C12H19N. The molecule has 0 radical (unpaired) electrons. The molecular weight excluding hydrogens is 158 g/mol. The van der Waals surface area contributed by atoms with Crippen LogP contribution in [0.4, 0.5) is 0 Å². The van der Waals surface area contributed by atoms with Crippen molar-refractivity contribution in [1.82, 2.24) is 4.98 Å². The summed E-state index contributed by atoms with van der Waals surface area (Å²) >= 11 is 0. The molecule has 0 aliphatic heterocycles. The fourth-order valence-corrected chi connectivity index (χ4v) is 1.49. The van der Waals surface area contributed by atoms with Gasteiger partial charge in [-0.05, 0) is 36.0 Å². The Kier molecular flexibility index (Phi) is 3.94. The first-order chi connectivity index (χ1) is 6.27. The van der Waals surface area contributed by atoms with Gasteiger partial charge in [-0.15, -0.1) is 0 Å². The highest BCUT2D eigenvalue weighted by molar-refractivity contribution is 5.23. The van der Waals surface area contributed by atoms with Crippen molar-refractivity contribution in [3.8, 4) is 0 Å². The first kappa shape index (κ1) is 10.2. The lowest BCUT2D eigenvalue weighted by Gasteiger charge is -2.11. The highest BCUT2D eigenvalue weighted by Gasteiger charge is 2.04. The van der Waals surface area contributed by atoms with Crippen molar-refractivity contribution in [2.45, 2.75) is 40.0 Å². The Morgan fingerprint density at radius 2 is 2.08 bits per heavy atom. The van der Waals surface area contributed by atoms with E-state index in [9.17, 15) is 0 Å². The van der Waals surface area contributed by atoms with Gasteiger partial charge >= 0.3 is 0 Å². The van der Waals surface area contributed by atoms with E-state index in [0.717, 1.165) is 12.3 Å². The molecule has 1 unspecified atom stereocenters. The van der Waals surface area contributed by atoms with Crippen LogP contribution in [0.25, 0.3) is 0 Å². The van der Waals surface area contributed by atoms with E-state index in [0.29, 0.717) is 0 Å². The molecule has 0 saturated heterocycles. The average molecular weight is 177 g/mol. The van der Waals surface area contributed by atoms with Crippen molar-refractivity contribution in [2.24, 2.45) is 5.92 Å². The van der Waals surface area contributed by atoms with Crippen molar-refractivity contribution in [2.75, 3.05) is 0 Å². The molecule has 1 nitrogen and oxygen atoms in total. The third kappa shape index (κ3) is 2.83. The maximum atomic E-state index is 4.15. The van der Waals surface area contributed by atoms with E-state index in [1.807, 2.05) is 12.4 Å². The van der Waals surface area contributed by atoms with Gasteiger partial charge < -0.3 is 0 Å². The predicted molar refractivity (Wildman–Crippen MR) is 56.8 cm³/mol. The van der Waals surface area contributed by atoms with Crippen LogP contribution >= 0.6 is 0 Å². The highest BCUT2D eigenvalue weighted by atomic mass is 14.6. The Labute approximate surface area is 81.2 Å². The van der Waals surface area contributed by atoms with Crippen LogP contribution in [0.5, 0.6) is 0 Å². The molecule has 1 heteroatoms. The average Bonchev–Trinajstić information content (AvgIpc) is 2.18. The zero-order valence-electron chi connectivity index (χ0n) is 8.88. The van der Waals surface area contributed by atoms with Gasteiger partial charge in [0.25, 0.3) is 0 Å². The molecule has 72 valence electrons. The zero-order valence-corrected chi connectivity index (χ0v) is 8.88. The van der Waals surface area contributed by atoms with Gasteiger partial charge in [-0.2, -0.15) is 0 Å². The molecule has 1 rings (SSSR count). The number of aromatic nitrogens is 1. The Bertz CT molecular complexity index is 255. The summed E-state index contributed by atoms with van der Waals surface area (Å²) in [6, 6.07) is 2.16. The minimum atomic E-state index is 0.785. The van der Waals surface area contributed by atoms with E-state index in [1.54, 1.807) is 0 Å². The maximum Gasteiger partial charge on any atom is 0.0302 e. The van der Waals surface area contributed by atoms with E-state index in [1.165, 1.54) is 24.0 Å². The second-order valence-corrected chi connectivity index (χ2v) is 3.72. The summed E-state index contributed by atoms with van der Waals surface area (Å²) in [6.07, 6.45) is 7.45. The molecule has 0 bridgehead atoms. The quantitative estimate of drug-likeness (QED) is 0.688. The van der Waals surface area contributed by atoms with Gasteiger partial charge in [-0.1, -0.05) is 27.2 Å². The lowest BCUT2D eigenvalue weighted by molar-refractivity contribution is 0.557. The molecule has 0 amide bonds. The van der Waals surface area contributed by atoms with Gasteiger partial charge in [0.15, 0.2) is 0 Å². The minimum absolute atomic E-state index is 0.785. The summed E-state index contributed by atoms with van der Waals surface area (Å²) in [5.41, 5.74) is 2.88. The van der Waals surface area contributed by atoms with Crippen molar-refractivity contribution in [3.05, 3.63) is 29.6 Å². The third-order valence-corrected chi connectivity index (χ3v) is 2.65. The molecule has 1 atom stereocenters. The first-order valence-electron chi connectivity index (χ1n) is 5.19. The summed E-state index contributed by atoms with van der Waals surface area (Å²) < 4.78 is 0. The predicted octanol–water partition coefficient (Wildman–Crippen LogP) is 3.23. The summed E-state index contributed by atoms with van der Waals surface area (Å²) in [5, 5.41) is 0. The molecule has 0 saturated carbocycles. The molecule has 0 aliphatic carbocycles. The van der Waals surface area contributed by atoms with Gasteiger partial charge in [-0.3, -0.25) is 4.98 Å². The van der Waals surface area contributed by atoms with E-state index in [-0.39, 0.29) is 0 Å². The van der Waals surface area contributed by atoms with Crippen molar-refractivity contribution in [1.29, 1.82) is 0 Å². The summed E-state index contributed by atoms with van der Waals surface area (Å²) in [7, 11) is 0. The molecule has 0 aromatic carbocycles. The van der Waals surface area contributed by atoms with Crippen LogP contribution in [0.3, 0.4) is 0 Å². The van der Waals surface area contributed by atoms with Crippen molar-refractivity contribution >= 4 is 0 Å². The van der Waals surface area contributed by atoms with Gasteiger partial charge in [0.1, 0.15) is 0 Å². The second kappa shape index (κ2) is 5.00. The third-order valence-electron chi connectivity index (χ3n) is 2.65. The van der Waals surface area contributed by atoms with Gasteiger partial charge in [0.05, 0.1) is 0 Å². The molecule has 1 heterocycles. The van der Waals surface area contributed by atoms with Crippen LogP contribution < -0.4 is 0 Å². The monoisotopic (exact) mass is 177 g/mol. The van der Waals surface area contributed by atoms with Crippen LogP contribution in [-0.2, 0) is 12.8 Å². The van der Waals surface area contributed by atoms with E-state index in [2.05, 4.69) is 31.8 Å². The van der Waals surface area contributed by atoms with Crippen LogP contribution in [-0.4, -0.2) is 4.98 Å². The number of nitrogens with zero attached hydrogens (tertiary/aromatic N) is 1. The second-order valence-electron chi connectivity index (χ2n) is 3.72. The summed E-state index contributed by atoms with van der Waals surface area (Å²) in [6.45, 7) is 6.74. The van der Waals surface area contributed by atoms with Crippen molar-refractivity contribution in [3.63, 3.8) is 0 Å². The molecule has 13 heavy (non-hydrogen) atoms. The smallest absolute Gasteiger partial charge is 0.0302 e. The van der Waals surface area contributed by atoms with E-state index >= 15 is 0 Å². The van der Waals surface area contributed by atoms with E-state index < -0.39 is 0 Å². The summed E-state index contributed by atoms with van der Waals surface area (Å²) in [5.74, 6) is 0.785. The van der Waals surface area contributed by atoms with Crippen LogP contribution in [0.15, 0.2) is 18.5 Å². The largest absolute Gasteiger partial charge is 0.264 e. The zero-order chi connectivity index (χ0) is 9.68. The van der Waals surface area contributed by atoms with Gasteiger partial charge in [0.2, 0.25) is 0 Å². The highest BCUT2D eigenvalue weighted by Crippen LogP contribution is 2.15. The Hall–Kier alpha value is -0.850. The van der Waals surface area contributed by atoms with Crippen LogP contribution in [0, 0.1) is 5.92 Å². The molecule has 0 N–H and O–H groups in total. The van der Waals surface area contributed by atoms with Crippen molar-refractivity contribution < 1.29 is 0 Å². The Morgan fingerprint density at radius 3 is 2.69 bits per heavy atom. The fraction of sp³-hybridized carbons (Fsp3) is 0.583. The van der Waals surface area contributed by atoms with Gasteiger partial charge in [-0.25, -0.2) is 0 Å². The number of hydrogen-bond donors (Lipinski definition) is 0.